The monoisotopic (exact) mass is 518 g/mol. The predicted molar refractivity (Wildman–Crippen MR) is 146 cm³/mol. The molecular weight excluding hydrogens is 492 g/mol. The van der Waals surface area contributed by atoms with Crippen LogP contribution in [0.4, 0.5) is 5.00 Å². The van der Waals surface area contributed by atoms with E-state index in [1.54, 1.807) is 6.08 Å². The molecule has 0 unspecified atom stereocenters. The van der Waals surface area contributed by atoms with Crippen molar-refractivity contribution >= 4 is 40.0 Å². The number of allylic oxidation sites excluding steroid dienone is 1. The third-order valence-corrected chi connectivity index (χ3v) is 7.37. The van der Waals surface area contributed by atoms with Gasteiger partial charge in [-0.25, -0.2) is 4.79 Å². The van der Waals surface area contributed by atoms with Crippen LogP contribution in [0, 0.1) is 13.8 Å². The number of methoxy groups -OCH3 is 1. The molecule has 0 saturated heterocycles. The standard InChI is InChI=1S/C27H26N4O3S2/c1-5-13-31-24(19-9-7-6-8-10-19)29-30-27(31)36-16-22(32)28-25-23(26(33)34-4)21(15-35-25)20-14-17(2)11-12-18(20)3/h5-12,14-15H,1,13,16H2,2-4H3,(H,28,32). The van der Waals surface area contributed by atoms with Gasteiger partial charge in [0.05, 0.1) is 12.9 Å². The quantitative estimate of drug-likeness (QED) is 0.166. The van der Waals surface area contributed by atoms with E-state index in [1.807, 2.05) is 72.3 Å². The fraction of sp³-hybridized carbons (Fsp3) is 0.185. The molecule has 0 atom stereocenters. The molecule has 184 valence electrons. The minimum atomic E-state index is -0.492. The molecule has 2 heterocycles. The van der Waals surface area contributed by atoms with E-state index in [0.717, 1.165) is 27.8 Å². The smallest absolute Gasteiger partial charge is 0.341 e. The van der Waals surface area contributed by atoms with Crippen LogP contribution in [0.1, 0.15) is 21.5 Å². The second-order valence-corrected chi connectivity index (χ2v) is 9.89. The Balaban J connectivity index is 1.54. The van der Waals surface area contributed by atoms with Crippen molar-refractivity contribution in [2.45, 2.75) is 25.5 Å². The summed E-state index contributed by atoms with van der Waals surface area (Å²) in [5.74, 6) is 0.0616. The van der Waals surface area contributed by atoms with Crippen molar-refractivity contribution in [3.05, 3.63) is 83.3 Å². The van der Waals surface area contributed by atoms with Crippen LogP contribution >= 0.6 is 23.1 Å². The van der Waals surface area contributed by atoms with Crippen LogP contribution in [-0.4, -0.2) is 39.5 Å². The van der Waals surface area contributed by atoms with Crippen LogP contribution in [0.2, 0.25) is 0 Å². The number of carbonyl (C=O) groups excluding carboxylic acids is 2. The molecule has 0 bridgehead atoms. The first-order chi connectivity index (χ1) is 17.4. The number of anilines is 1. The number of hydrogen-bond donors (Lipinski definition) is 1. The van der Waals surface area contributed by atoms with E-state index in [0.29, 0.717) is 28.1 Å². The van der Waals surface area contributed by atoms with E-state index in [4.69, 9.17) is 4.74 Å². The van der Waals surface area contributed by atoms with Crippen molar-refractivity contribution < 1.29 is 14.3 Å². The Morgan fingerprint density at radius 3 is 2.64 bits per heavy atom. The summed E-state index contributed by atoms with van der Waals surface area (Å²) < 4.78 is 6.97. The number of carbonyl (C=O) groups is 2. The van der Waals surface area contributed by atoms with Gasteiger partial charge in [-0.1, -0.05) is 71.9 Å². The molecule has 0 aliphatic heterocycles. The number of nitrogens with one attached hydrogen (secondary N) is 1. The van der Waals surface area contributed by atoms with Crippen molar-refractivity contribution in [3.8, 4) is 22.5 Å². The maximum atomic E-state index is 12.9. The highest BCUT2D eigenvalue weighted by molar-refractivity contribution is 7.99. The predicted octanol–water partition coefficient (Wildman–Crippen LogP) is 5.99. The van der Waals surface area contributed by atoms with Crippen molar-refractivity contribution in [3.63, 3.8) is 0 Å². The highest BCUT2D eigenvalue weighted by atomic mass is 32.2. The number of thiophene rings is 1. The lowest BCUT2D eigenvalue weighted by molar-refractivity contribution is -0.113. The maximum absolute atomic E-state index is 12.9. The van der Waals surface area contributed by atoms with Crippen LogP contribution in [-0.2, 0) is 16.1 Å². The third-order valence-electron chi connectivity index (χ3n) is 5.51. The van der Waals surface area contributed by atoms with Gasteiger partial charge in [0.1, 0.15) is 10.6 Å². The molecule has 1 amide bonds. The molecule has 2 aromatic carbocycles. The second kappa shape index (κ2) is 11.4. The largest absolute Gasteiger partial charge is 0.465 e. The number of ether oxygens (including phenoxy) is 1. The zero-order valence-corrected chi connectivity index (χ0v) is 21.9. The Hall–Kier alpha value is -3.69. The Morgan fingerprint density at radius 1 is 1.14 bits per heavy atom. The van der Waals surface area contributed by atoms with E-state index >= 15 is 0 Å². The van der Waals surface area contributed by atoms with E-state index < -0.39 is 5.97 Å². The lowest BCUT2D eigenvalue weighted by Crippen LogP contribution is -2.16. The number of hydrogen-bond acceptors (Lipinski definition) is 7. The molecule has 4 aromatic rings. The topological polar surface area (TPSA) is 86.1 Å². The first-order valence-electron chi connectivity index (χ1n) is 11.2. The molecular formula is C27H26N4O3S2. The van der Waals surface area contributed by atoms with E-state index in [9.17, 15) is 9.59 Å². The lowest BCUT2D eigenvalue weighted by atomic mass is 9.97. The van der Waals surface area contributed by atoms with Crippen LogP contribution < -0.4 is 5.32 Å². The molecule has 2 aromatic heterocycles. The number of aryl methyl sites for hydroxylation is 2. The van der Waals surface area contributed by atoms with Crippen LogP contribution in [0.25, 0.3) is 22.5 Å². The normalized spacial score (nSPS) is 10.8. The van der Waals surface area contributed by atoms with Crippen LogP contribution in [0.15, 0.2) is 71.7 Å². The van der Waals surface area contributed by atoms with Gasteiger partial charge in [-0.15, -0.1) is 28.1 Å². The van der Waals surface area contributed by atoms with E-state index in [-0.39, 0.29) is 11.7 Å². The molecule has 1 N–H and O–H groups in total. The average molecular weight is 519 g/mol. The zero-order valence-electron chi connectivity index (χ0n) is 20.3. The van der Waals surface area contributed by atoms with Gasteiger partial charge >= 0.3 is 5.97 Å². The van der Waals surface area contributed by atoms with E-state index in [2.05, 4.69) is 22.1 Å². The molecule has 0 fully saturated rings. The molecule has 0 saturated carbocycles. The third kappa shape index (κ3) is 5.42. The molecule has 7 nitrogen and oxygen atoms in total. The zero-order chi connectivity index (χ0) is 25.7. The number of thioether (sulfide) groups is 1. The number of esters is 1. The summed E-state index contributed by atoms with van der Waals surface area (Å²) in [4.78, 5) is 25.6. The fourth-order valence-electron chi connectivity index (χ4n) is 3.76. The molecule has 0 radical (unpaired) electrons. The molecule has 0 aliphatic rings. The number of aromatic nitrogens is 3. The van der Waals surface area contributed by atoms with Gasteiger partial charge in [-0.3, -0.25) is 9.36 Å². The Bertz CT molecular complexity index is 1410. The van der Waals surface area contributed by atoms with Gasteiger partial charge in [0.15, 0.2) is 11.0 Å². The Morgan fingerprint density at radius 2 is 1.92 bits per heavy atom. The van der Waals surface area contributed by atoms with Gasteiger partial charge in [0.2, 0.25) is 5.91 Å². The average Bonchev–Trinajstić information content (AvgIpc) is 3.48. The maximum Gasteiger partial charge on any atom is 0.341 e. The number of amides is 1. The Kier molecular flexibility index (Phi) is 8.02. The number of benzene rings is 2. The molecule has 0 aliphatic carbocycles. The lowest BCUT2D eigenvalue weighted by Gasteiger charge is -2.10. The molecule has 4 rings (SSSR count). The fourth-order valence-corrected chi connectivity index (χ4v) is 5.47. The summed E-state index contributed by atoms with van der Waals surface area (Å²) in [6.07, 6.45) is 1.77. The van der Waals surface area contributed by atoms with Crippen molar-refractivity contribution in [2.24, 2.45) is 0 Å². The van der Waals surface area contributed by atoms with Crippen molar-refractivity contribution in [1.82, 2.24) is 14.8 Å². The summed E-state index contributed by atoms with van der Waals surface area (Å²) >= 11 is 2.58. The minimum Gasteiger partial charge on any atom is -0.465 e. The van der Waals surface area contributed by atoms with E-state index in [1.165, 1.54) is 30.2 Å². The van der Waals surface area contributed by atoms with Crippen molar-refractivity contribution in [2.75, 3.05) is 18.2 Å². The van der Waals surface area contributed by atoms with Gasteiger partial charge < -0.3 is 10.1 Å². The van der Waals surface area contributed by atoms with Crippen LogP contribution in [0.5, 0.6) is 0 Å². The van der Waals surface area contributed by atoms with Gasteiger partial charge in [-0.2, -0.15) is 0 Å². The Labute approximate surface area is 218 Å². The summed E-state index contributed by atoms with van der Waals surface area (Å²) in [7, 11) is 1.34. The second-order valence-electron chi connectivity index (χ2n) is 8.07. The summed E-state index contributed by atoms with van der Waals surface area (Å²) in [6, 6.07) is 15.8. The first-order valence-corrected chi connectivity index (χ1v) is 13.1. The molecule has 9 heteroatoms. The molecule has 0 spiro atoms. The number of nitrogens with zero attached hydrogens (tertiary/aromatic N) is 3. The molecule has 36 heavy (non-hydrogen) atoms. The van der Waals surface area contributed by atoms with Gasteiger partial charge in [0, 0.05) is 23.1 Å². The first kappa shape index (κ1) is 25.4. The van der Waals surface area contributed by atoms with Gasteiger partial charge in [-0.05, 0) is 25.0 Å². The highest BCUT2D eigenvalue weighted by Crippen LogP contribution is 2.38. The summed E-state index contributed by atoms with van der Waals surface area (Å²) in [6.45, 7) is 8.33. The summed E-state index contributed by atoms with van der Waals surface area (Å²) in [5.41, 5.74) is 5.09. The highest BCUT2D eigenvalue weighted by Gasteiger charge is 2.24. The van der Waals surface area contributed by atoms with Gasteiger partial charge in [0.25, 0.3) is 0 Å². The van der Waals surface area contributed by atoms with Crippen molar-refractivity contribution in [1.29, 1.82) is 0 Å². The summed E-state index contributed by atoms with van der Waals surface area (Å²) in [5, 5.41) is 14.4. The minimum absolute atomic E-state index is 0.0986. The number of rotatable bonds is 9. The SMILES string of the molecule is C=CCn1c(SCC(=O)Nc2scc(-c3cc(C)ccc3C)c2C(=O)OC)nnc1-c1ccccc1. The van der Waals surface area contributed by atoms with Crippen LogP contribution in [0.3, 0.4) is 0 Å².